The van der Waals surface area contributed by atoms with Crippen LogP contribution in [0.3, 0.4) is 0 Å². The molecule has 0 atom stereocenters. The number of benzene rings is 1. The van der Waals surface area contributed by atoms with Crippen molar-refractivity contribution in [3.8, 4) is 0 Å². The van der Waals surface area contributed by atoms with Crippen molar-refractivity contribution in [3.05, 3.63) is 41.6 Å². The van der Waals surface area contributed by atoms with Crippen LogP contribution in [0.5, 0.6) is 0 Å². The molecule has 1 N–H and O–H groups in total. The predicted molar refractivity (Wildman–Crippen MR) is 61.9 cm³/mol. The highest BCUT2D eigenvalue weighted by Crippen LogP contribution is 2.31. The molecule has 2 rings (SSSR count). The number of allylic oxidation sites excluding steroid dienone is 1. The first-order valence-corrected chi connectivity index (χ1v) is 5.24. The van der Waals surface area contributed by atoms with E-state index in [1.807, 2.05) is 12.1 Å². The molecule has 1 aromatic carbocycles. The third-order valence-corrected chi connectivity index (χ3v) is 2.77. The fourth-order valence-corrected chi connectivity index (χ4v) is 2.01. The van der Waals surface area contributed by atoms with E-state index in [4.69, 9.17) is 5.21 Å². The smallest absolute Gasteiger partial charge is 0.410 e. The van der Waals surface area contributed by atoms with Gasteiger partial charge in [-0.2, -0.15) is 13.2 Å². The first-order chi connectivity index (χ1) is 8.43. The summed E-state index contributed by atoms with van der Waals surface area (Å²) in [4.78, 5) is 1.59. The highest BCUT2D eigenvalue weighted by molar-refractivity contribution is 6.05. The quantitative estimate of drug-likeness (QED) is 0.476. The number of rotatable bonds is 1. The zero-order chi connectivity index (χ0) is 13.3. The van der Waals surface area contributed by atoms with Crippen molar-refractivity contribution in [1.82, 2.24) is 0 Å². The van der Waals surface area contributed by atoms with E-state index in [-0.39, 0.29) is 12.0 Å². The summed E-state index contributed by atoms with van der Waals surface area (Å²) in [6.45, 7) is 0. The maximum absolute atomic E-state index is 12.7. The Labute approximate surface area is 102 Å². The average molecular weight is 256 g/mol. The number of oxime groups is 1. The molecule has 0 spiro atoms. The van der Waals surface area contributed by atoms with Gasteiger partial charge in [-0.05, 0) is 11.6 Å². The van der Waals surface area contributed by atoms with Crippen LogP contribution in [0.1, 0.15) is 5.56 Å². The average Bonchev–Trinajstić information content (AvgIpc) is 2.28. The normalized spacial score (nSPS) is 16.3. The van der Waals surface area contributed by atoms with Crippen LogP contribution in [0, 0.1) is 0 Å². The fraction of sp³-hybridized carbons (Fsp3) is 0.250. The van der Waals surface area contributed by atoms with Gasteiger partial charge in [-0.25, -0.2) is 0 Å². The topological polar surface area (TPSA) is 35.8 Å². The second kappa shape index (κ2) is 4.36. The summed E-state index contributed by atoms with van der Waals surface area (Å²) in [6.07, 6.45) is -3.22. The SMILES string of the molecule is CN1C=C(/C(=N\O)C(F)(F)F)Cc2ccccc21. The lowest BCUT2D eigenvalue weighted by Crippen LogP contribution is -2.30. The molecule has 1 aliphatic heterocycles. The van der Waals surface area contributed by atoms with Crippen LogP contribution in [0.4, 0.5) is 18.9 Å². The second-order valence-electron chi connectivity index (χ2n) is 4.02. The molecule has 0 aromatic heterocycles. The van der Waals surface area contributed by atoms with E-state index < -0.39 is 11.9 Å². The van der Waals surface area contributed by atoms with Gasteiger partial charge >= 0.3 is 6.18 Å². The minimum absolute atomic E-state index is 0.0498. The van der Waals surface area contributed by atoms with Crippen molar-refractivity contribution in [2.75, 3.05) is 11.9 Å². The van der Waals surface area contributed by atoms with Crippen molar-refractivity contribution < 1.29 is 18.4 Å². The Bertz CT molecular complexity index is 520. The third kappa shape index (κ3) is 2.18. The van der Waals surface area contributed by atoms with Crippen molar-refractivity contribution in [2.24, 2.45) is 5.16 Å². The zero-order valence-electron chi connectivity index (χ0n) is 9.57. The van der Waals surface area contributed by atoms with Crippen molar-refractivity contribution >= 4 is 11.4 Å². The highest BCUT2D eigenvalue weighted by atomic mass is 19.4. The minimum Gasteiger partial charge on any atom is -0.410 e. The number of alkyl halides is 3. The largest absolute Gasteiger partial charge is 0.436 e. The van der Waals surface area contributed by atoms with E-state index in [0.717, 1.165) is 11.3 Å². The number of nitrogens with zero attached hydrogens (tertiary/aromatic N) is 2. The fourth-order valence-electron chi connectivity index (χ4n) is 2.01. The van der Waals surface area contributed by atoms with Crippen LogP contribution in [0.25, 0.3) is 0 Å². The standard InChI is InChI=1S/C12H11F3N2O/c1-17-7-9(11(16-18)12(13,14)15)6-8-4-2-3-5-10(8)17/h2-5,7,18H,6H2,1H3/b16-11+. The molecule has 0 unspecified atom stereocenters. The van der Waals surface area contributed by atoms with E-state index in [9.17, 15) is 13.2 Å². The molecule has 18 heavy (non-hydrogen) atoms. The maximum atomic E-state index is 12.7. The van der Waals surface area contributed by atoms with Gasteiger partial charge in [0.05, 0.1) is 0 Å². The number of hydrogen-bond donors (Lipinski definition) is 1. The van der Waals surface area contributed by atoms with E-state index in [1.165, 1.54) is 6.20 Å². The van der Waals surface area contributed by atoms with Crippen LogP contribution in [0.2, 0.25) is 0 Å². The Morgan fingerprint density at radius 2 is 2.00 bits per heavy atom. The Hall–Kier alpha value is -1.98. The molecular formula is C12H11F3N2O. The second-order valence-corrected chi connectivity index (χ2v) is 4.02. The molecule has 0 bridgehead atoms. The molecule has 0 amide bonds. The van der Waals surface area contributed by atoms with Gasteiger partial charge in [-0.15, -0.1) is 0 Å². The third-order valence-electron chi connectivity index (χ3n) is 2.77. The Morgan fingerprint density at radius 1 is 1.33 bits per heavy atom. The Kier molecular flexibility index (Phi) is 3.02. The first-order valence-electron chi connectivity index (χ1n) is 5.24. The molecular weight excluding hydrogens is 245 g/mol. The van der Waals surface area contributed by atoms with Gasteiger partial charge in [0.15, 0.2) is 5.71 Å². The number of para-hydroxylation sites is 1. The lowest BCUT2D eigenvalue weighted by atomic mass is 9.96. The summed E-state index contributed by atoms with van der Waals surface area (Å²) in [6, 6.07) is 7.16. The molecule has 3 nitrogen and oxygen atoms in total. The van der Waals surface area contributed by atoms with E-state index >= 15 is 0 Å². The molecule has 96 valence electrons. The van der Waals surface area contributed by atoms with Crippen molar-refractivity contribution in [3.63, 3.8) is 0 Å². The van der Waals surface area contributed by atoms with E-state index in [1.54, 1.807) is 24.1 Å². The number of fused-ring (bicyclic) bond motifs is 1. The van der Waals surface area contributed by atoms with Gasteiger partial charge < -0.3 is 10.1 Å². The van der Waals surface area contributed by atoms with Gasteiger partial charge in [0.25, 0.3) is 0 Å². The molecule has 0 saturated carbocycles. The summed E-state index contributed by atoms with van der Waals surface area (Å²) < 4.78 is 38.0. The molecule has 0 aliphatic carbocycles. The van der Waals surface area contributed by atoms with Crippen LogP contribution in [0.15, 0.2) is 41.2 Å². The lowest BCUT2D eigenvalue weighted by Gasteiger charge is -2.26. The number of halogens is 3. The Morgan fingerprint density at radius 3 is 2.61 bits per heavy atom. The maximum Gasteiger partial charge on any atom is 0.436 e. The Balaban J connectivity index is 2.40. The summed E-state index contributed by atoms with van der Waals surface area (Å²) in [5.41, 5.74) is 0.318. The molecule has 1 heterocycles. The van der Waals surface area contributed by atoms with Crippen LogP contribution in [-0.2, 0) is 6.42 Å². The van der Waals surface area contributed by atoms with Gasteiger partial charge in [-0.3, -0.25) is 0 Å². The summed E-state index contributed by atoms with van der Waals surface area (Å²) in [7, 11) is 1.66. The van der Waals surface area contributed by atoms with Crippen LogP contribution in [-0.4, -0.2) is 24.1 Å². The van der Waals surface area contributed by atoms with E-state index in [0.29, 0.717) is 0 Å². The molecule has 0 fully saturated rings. The molecule has 0 radical (unpaired) electrons. The summed E-state index contributed by atoms with van der Waals surface area (Å²) in [5.74, 6) is 0. The molecule has 0 saturated heterocycles. The number of anilines is 1. The molecule has 1 aromatic rings. The highest BCUT2D eigenvalue weighted by Gasteiger charge is 2.40. The van der Waals surface area contributed by atoms with Gasteiger partial charge in [0.1, 0.15) is 0 Å². The van der Waals surface area contributed by atoms with Crippen LogP contribution < -0.4 is 4.90 Å². The van der Waals surface area contributed by atoms with Gasteiger partial charge in [0.2, 0.25) is 0 Å². The van der Waals surface area contributed by atoms with E-state index in [2.05, 4.69) is 5.16 Å². The summed E-state index contributed by atoms with van der Waals surface area (Å²) in [5, 5.41) is 10.9. The molecule has 6 heteroatoms. The van der Waals surface area contributed by atoms with Crippen molar-refractivity contribution in [1.29, 1.82) is 0 Å². The van der Waals surface area contributed by atoms with Crippen molar-refractivity contribution in [2.45, 2.75) is 12.6 Å². The monoisotopic (exact) mass is 256 g/mol. The number of hydrogen-bond acceptors (Lipinski definition) is 3. The summed E-state index contributed by atoms with van der Waals surface area (Å²) >= 11 is 0. The van der Waals surface area contributed by atoms with Gasteiger partial charge in [0, 0.05) is 30.9 Å². The lowest BCUT2D eigenvalue weighted by molar-refractivity contribution is -0.0604. The minimum atomic E-state index is -4.66. The first kappa shape index (κ1) is 12.5. The van der Waals surface area contributed by atoms with Crippen LogP contribution >= 0.6 is 0 Å². The zero-order valence-corrected chi connectivity index (χ0v) is 9.57. The predicted octanol–water partition coefficient (Wildman–Crippen LogP) is 2.96. The molecule has 1 aliphatic rings. The van der Waals surface area contributed by atoms with Gasteiger partial charge in [-0.1, -0.05) is 23.4 Å².